The number of rotatable bonds is 8. The highest BCUT2D eigenvalue weighted by molar-refractivity contribution is 5.76. The van der Waals surface area contributed by atoms with Crippen LogP contribution in [0.25, 0.3) is 0 Å². The molecule has 0 spiro atoms. The van der Waals surface area contributed by atoms with Crippen LogP contribution in [-0.4, -0.2) is 52.9 Å². The molecule has 6 nitrogen and oxygen atoms in total. The molecule has 0 aromatic carbocycles. The number of carboxylic acid groups (broad SMARTS) is 1. The van der Waals surface area contributed by atoms with E-state index in [2.05, 4.69) is 5.32 Å². The summed E-state index contributed by atoms with van der Waals surface area (Å²) in [6, 6.07) is -0.0788. The van der Waals surface area contributed by atoms with Crippen LogP contribution in [0.5, 0.6) is 0 Å². The number of nitrogens with zero attached hydrogens (tertiary/aromatic N) is 1. The van der Waals surface area contributed by atoms with Crippen LogP contribution in [0.3, 0.4) is 0 Å². The van der Waals surface area contributed by atoms with E-state index < -0.39 is 11.9 Å². The van der Waals surface area contributed by atoms with Gasteiger partial charge in [0.1, 0.15) is 0 Å². The number of aliphatic hydroxyl groups excluding tert-OH is 1. The average Bonchev–Trinajstić information content (AvgIpc) is 2.93. The molecule has 1 unspecified atom stereocenters. The molecule has 0 heterocycles. The number of urea groups is 1. The lowest BCUT2D eigenvalue weighted by atomic mass is 10.0. The van der Waals surface area contributed by atoms with Crippen molar-refractivity contribution in [3.63, 3.8) is 0 Å². The molecule has 1 atom stereocenters. The van der Waals surface area contributed by atoms with Gasteiger partial charge in [-0.3, -0.25) is 4.79 Å². The summed E-state index contributed by atoms with van der Waals surface area (Å²) in [5.41, 5.74) is 0. The Balaban J connectivity index is 2.50. The third-order valence-electron chi connectivity index (χ3n) is 3.85. The van der Waals surface area contributed by atoms with Gasteiger partial charge in [0.05, 0.1) is 12.5 Å². The minimum Gasteiger partial charge on any atom is -0.481 e. The first-order chi connectivity index (χ1) is 9.60. The molecule has 0 aromatic heterocycles. The monoisotopic (exact) mass is 286 g/mol. The first kappa shape index (κ1) is 16.8. The van der Waals surface area contributed by atoms with E-state index in [4.69, 9.17) is 10.2 Å². The second kappa shape index (κ2) is 8.79. The van der Waals surface area contributed by atoms with Crippen molar-refractivity contribution in [2.75, 3.05) is 19.7 Å². The molecule has 0 aliphatic heterocycles. The molecule has 1 aliphatic rings. The maximum atomic E-state index is 12.2. The molecule has 1 aliphatic carbocycles. The molecule has 3 N–H and O–H groups in total. The summed E-state index contributed by atoms with van der Waals surface area (Å²) in [6.07, 6.45) is 5.46. The lowest BCUT2D eigenvalue weighted by Crippen LogP contribution is -2.48. The highest BCUT2D eigenvalue weighted by Crippen LogP contribution is 2.23. The third-order valence-corrected chi connectivity index (χ3v) is 3.85. The van der Waals surface area contributed by atoms with Gasteiger partial charge in [0.2, 0.25) is 0 Å². The molecular weight excluding hydrogens is 260 g/mol. The number of carbonyl (C=O) groups is 2. The topological polar surface area (TPSA) is 89.9 Å². The van der Waals surface area contributed by atoms with Gasteiger partial charge < -0.3 is 20.4 Å². The molecule has 1 rings (SSSR count). The maximum absolute atomic E-state index is 12.2. The lowest BCUT2D eigenvalue weighted by Gasteiger charge is -2.29. The van der Waals surface area contributed by atoms with Crippen LogP contribution in [0.4, 0.5) is 4.79 Å². The molecule has 0 bridgehead atoms. The number of nitrogens with one attached hydrogen (secondary N) is 1. The number of aliphatic carboxylic acids is 1. The molecular formula is C14H26N2O4. The first-order valence-corrected chi connectivity index (χ1v) is 7.48. The minimum absolute atomic E-state index is 0.0682. The zero-order valence-corrected chi connectivity index (χ0v) is 12.2. The van der Waals surface area contributed by atoms with E-state index >= 15 is 0 Å². The Bertz CT molecular complexity index is 316. The summed E-state index contributed by atoms with van der Waals surface area (Å²) < 4.78 is 0. The summed E-state index contributed by atoms with van der Waals surface area (Å²) in [6.45, 7) is 2.31. The van der Waals surface area contributed by atoms with Gasteiger partial charge in [-0.1, -0.05) is 26.2 Å². The predicted molar refractivity (Wildman–Crippen MR) is 75.5 cm³/mol. The van der Waals surface area contributed by atoms with Crippen molar-refractivity contribution in [1.29, 1.82) is 0 Å². The van der Waals surface area contributed by atoms with E-state index in [-0.39, 0.29) is 25.2 Å². The van der Waals surface area contributed by atoms with E-state index in [1.54, 1.807) is 4.90 Å². The Kier molecular flexibility index (Phi) is 7.36. The smallest absolute Gasteiger partial charge is 0.317 e. The fourth-order valence-electron chi connectivity index (χ4n) is 2.75. The quantitative estimate of drug-likeness (QED) is 0.629. The number of hydrogen-bond acceptors (Lipinski definition) is 3. The number of carboxylic acids is 1. The van der Waals surface area contributed by atoms with E-state index in [0.717, 1.165) is 32.1 Å². The summed E-state index contributed by atoms with van der Waals surface area (Å²) in [5, 5.41) is 20.9. The number of hydrogen-bond donors (Lipinski definition) is 3. The number of carbonyl (C=O) groups excluding carboxylic acids is 1. The van der Waals surface area contributed by atoms with Crippen molar-refractivity contribution in [3.8, 4) is 0 Å². The zero-order chi connectivity index (χ0) is 15.0. The predicted octanol–water partition coefficient (Wildman–Crippen LogP) is 1.43. The van der Waals surface area contributed by atoms with E-state index in [9.17, 15) is 9.59 Å². The van der Waals surface area contributed by atoms with Crippen LogP contribution >= 0.6 is 0 Å². The SMILES string of the molecule is CCCC(CNC(=O)N(CCO)C1CCCC1)C(=O)O. The van der Waals surface area contributed by atoms with E-state index in [0.29, 0.717) is 13.0 Å². The van der Waals surface area contributed by atoms with Gasteiger partial charge in [-0.05, 0) is 19.3 Å². The molecule has 0 aromatic rings. The molecule has 1 fully saturated rings. The highest BCUT2D eigenvalue weighted by Gasteiger charge is 2.27. The van der Waals surface area contributed by atoms with Crippen molar-refractivity contribution < 1.29 is 19.8 Å². The normalized spacial score (nSPS) is 16.9. The van der Waals surface area contributed by atoms with Crippen LogP contribution in [0.1, 0.15) is 45.4 Å². The van der Waals surface area contributed by atoms with Crippen molar-refractivity contribution in [2.24, 2.45) is 5.92 Å². The molecule has 116 valence electrons. The number of aliphatic hydroxyl groups is 1. The van der Waals surface area contributed by atoms with E-state index in [1.807, 2.05) is 6.92 Å². The van der Waals surface area contributed by atoms with Gasteiger partial charge in [0, 0.05) is 19.1 Å². The van der Waals surface area contributed by atoms with Crippen molar-refractivity contribution in [2.45, 2.75) is 51.5 Å². The summed E-state index contributed by atoms with van der Waals surface area (Å²) in [7, 11) is 0. The van der Waals surface area contributed by atoms with Crippen LogP contribution in [0.15, 0.2) is 0 Å². The Morgan fingerprint density at radius 3 is 2.50 bits per heavy atom. The van der Waals surface area contributed by atoms with Crippen LogP contribution < -0.4 is 5.32 Å². The van der Waals surface area contributed by atoms with Crippen LogP contribution in [0.2, 0.25) is 0 Å². The van der Waals surface area contributed by atoms with Gasteiger partial charge in [-0.2, -0.15) is 0 Å². The summed E-state index contributed by atoms with van der Waals surface area (Å²) in [4.78, 5) is 24.9. The Morgan fingerprint density at radius 2 is 2.00 bits per heavy atom. The molecule has 20 heavy (non-hydrogen) atoms. The largest absolute Gasteiger partial charge is 0.481 e. The van der Waals surface area contributed by atoms with E-state index in [1.165, 1.54) is 0 Å². The van der Waals surface area contributed by atoms with Gasteiger partial charge in [-0.15, -0.1) is 0 Å². The van der Waals surface area contributed by atoms with Crippen molar-refractivity contribution >= 4 is 12.0 Å². The summed E-state index contributed by atoms with van der Waals surface area (Å²) in [5.74, 6) is -1.41. The van der Waals surface area contributed by atoms with Gasteiger partial charge in [0.15, 0.2) is 0 Å². The second-order valence-electron chi connectivity index (χ2n) is 5.37. The number of amides is 2. The molecule has 1 saturated carbocycles. The average molecular weight is 286 g/mol. The van der Waals surface area contributed by atoms with Crippen molar-refractivity contribution in [1.82, 2.24) is 10.2 Å². The zero-order valence-electron chi connectivity index (χ0n) is 12.2. The summed E-state index contributed by atoms with van der Waals surface area (Å²) >= 11 is 0. The fourth-order valence-corrected chi connectivity index (χ4v) is 2.75. The van der Waals surface area contributed by atoms with Crippen LogP contribution in [0, 0.1) is 5.92 Å². The Morgan fingerprint density at radius 1 is 1.35 bits per heavy atom. The standard InChI is InChI=1S/C14H26N2O4/c1-2-5-11(13(18)19)10-15-14(20)16(8-9-17)12-6-3-4-7-12/h11-12,17H,2-10H2,1H3,(H,15,20)(H,18,19). The Labute approximate surface area is 120 Å². The Hall–Kier alpha value is -1.30. The molecule has 6 heteroatoms. The second-order valence-corrected chi connectivity index (χ2v) is 5.37. The van der Waals surface area contributed by atoms with Crippen molar-refractivity contribution in [3.05, 3.63) is 0 Å². The fraction of sp³-hybridized carbons (Fsp3) is 0.857. The minimum atomic E-state index is -0.873. The van der Waals surface area contributed by atoms with Gasteiger partial charge >= 0.3 is 12.0 Å². The molecule has 0 saturated heterocycles. The maximum Gasteiger partial charge on any atom is 0.317 e. The van der Waals surface area contributed by atoms with Gasteiger partial charge in [0.25, 0.3) is 0 Å². The van der Waals surface area contributed by atoms with Gasteiger partial charge in [-0.25, -0.2) is 4.79 Å². The molecule has 0 radical (unpaired) electrons. The highest BCUT2D eigenvalue weighted by atomic mass is 16.4. The van der Waals surface area contributed by atoms with Crippen LogP contribution in [-0.2, 0) is 4.79 Å². The molecule has 2 amide bonds. The lowest BCUT2D eigenvalue weighted by molar-refractivity contribution is -0.141. The first-order valence-electron chi connectivity index (χ1n) is 7.48. The third kappa shape index (κ3) is 5.00.